The molecule has 0 unspecified atom stereocenters. The molecule has 3 nitrogen and oxygen atoms in total. The fourth-order valence-corrected chi connectivity index (χ4v) is 0.389. The van der Waals surface area contributed by atoms with Gasteiger partial charge in [0, 0.05) is 7.11 Å². The van der Waals surface area contributed by atoms with Crippen LogP contribution in [0.4, 0.5) is 0 Å². The first-order valence-electron chi connectivity index (χ1n) is 3.19. The maximum Gasteiger partial charge on any atom is 0.0966 e. The van der Waals surface area contributed by atoms with Crippen LogP contribution in [0.2, 0.25) is 0 Å². The predicted octanol–water partition coefficient (Wildman–Crippen LogP) is 0.216. The molecular formula is C6H15NO2. The highest BCUT2D eigenvalue weighted by atomic mass is 16.5. The first-order chi connectivity index (χ1) is 4.41. The van der Waals surface area contributed by atoms with Crippen LogP contribution < -0.4 is 5.32 Å². The van der Waals surface area contributed by atoms with Crippen LogP contribution in [0.15, 0.2) is 0 Å². The zero-order valence-electron chi connectivity index (χ0n) is 6.14. The molecule has 3 heteroatoms. The molecule has 0 amide bonds. The van der Waals surface area contributed by atoms with Gasteiger partial charge in [-0.1, -0.05) is 6.92 Å². The number of nitrogens with one attached hydrogen (secondary N) is 1. The molecule has 0 aliphatic carbocycles. The lowest BCUT2D eigenvalue weighted by molar-refractivity contribution is 0.0616. The van der Waals surface area contributed by atoms with E-state index in [1.807, 2.05) is 6.92 Å². The molecule has 0 aliphatic heterocycles. The summed E-state index contributed by atoms with van der Waals surface area (Å²) in [6, 6.07) is 0. The van der Waals surface area contributed by atoms with Crippen molar-refractivity contribution in [3.8, 4) is 0 Å². The SMILES string of the molecule is CCNCOCCOC. The molecule has 0 aromatic heterocycles. The van der Waals surface area contributed by atoms with Crippen molar-refractivity contribution in [2.45, 2.75) is 6.92 Å². The Kier molecular flexibility index (Phi) is 7.77. The second kappa shape index (κ2) is 7.88. The topological polar surface area (TPSA) is 30.5 Å². The van der Waals surface area contributed by atoms with Crippen LogP contribution in [0.25, 0.3) is 0 Å². The van der Waals surface area contributed by atoms with Gasteiger partial charge in [0.2, 0.25) is 0 Å². The fourth-order valence-electron chi connectivity index (χ4n) is 0.389. The Bertz CT molecular complexity index is 44.3. The molecule has 0 aromatic rings. The van der Waals surface area contributed by atoms with Gasteiger partial charge < -0.3 is 9.47 Å². The maximum atomic E-state index is 5.08. The van der Waals surface area contributed by atoms with Crippen LogP contribution in [0.1, 0.15) is 6.92 Å². The summed E-state index contributed by atoms with van der Waals surface area (Å²) in [4.78, 5) is 0. The molecule has 56 valence electrons. The van der Waals surface area contributed by atoms with Gasteiger partial charge >= 0.3 is 0 Å². The Morgan fingerprint density at radius 2 is 2.11 bits per heavy atom. The minimum atomic E-state index is 0.625. The Hall–Kier alpha value is -0.120. The molecule has 0 atom stereocenters. The molecule has 0 saturated carbocycles. The third-order valence-electron chi connectivity index (χ3n) is 0.886. The zero-order valence-corrected chi connectivity index (χ0v) is 6.14. The highest BCUT2D eigenvalue weighted by Gasteiger charge is 1.82. The van der Waals surface area contributed by atoms with E-state index in [0.29, 0.717) is 19.9 Å². The Morgan fingerprint density at radius 1 is 1.33 bits per heavy atom. The molecular weight excluding hydrogens is 118 g/mol. The number of hydrogen-bond acceptors (Lipinski definition) is 3. The third kappa shape index (κ3) is 7.88. The molecule has 0 fully saturated rings. The van der Waals surface area contributed by atoms with Gasteiger partial charge in [0.05, 0.1) is 19.9 Å². The molecule has 0 aliphatic rings. The average Bonchev–Trinajstić information content (AvgIpc) is 1.89. The summed E-state index contributed by atoms with van der Waals surface area (Å²) in [6.07, 6.45) is 0. The summed E-state index contributed by atoms with van der Waals surface area (Å²) in [7, 11) is 1.66. The molecule has 0 aromatic carbocycles. The van der Waals surface area contributed by atoms with Gasteiger partial charge in [0.25, 0.3) is 0 Å². The van der Waals surface area contributed by atoms with Gasteiger partial charge in [0.1, 0.15) is 0 Å². The van der Waals surface area contributed by atoms with Crippen molar-refractivity contribution in [3.63, 3.8) is 0 Å². The zero-order chi connectivity index (χ0) is 6.95. The van der Waals surface area contributed by atoms with E-state index in [1.54, 1.807) is 7.11 Å². The quantitative estimate of drug-likeness (QED) is 0.415. The van der Waals surface area contributed by atoms with E-state index in [4.69, 9.17) is 9.47 Å². The lowest BCUT2D eigenvalue weighted by Gasteiger charge is -2.01. The molecule has 0 spiro atoms. The monoisotopic (exact) mass is 133 g/mol. The molecule has 9 heavy (non-hydrogen) atoms. The molecule has 0 saturated heterocycles. The minimum Gasteiger partial charge on any atom is -0.382 e. The van der Waals surface area contributed by atoms with Gasteiger partial charge in [-0.3, -0.25) is 5.32 Å². The fraction of sp³-hybridized carbons (Fsp3) is 1.00. The van der Waals surface area contributed by atoms with Gasteiger partial charge in [-0.05, 0) is 6.54 Å². The normalized spacial score (nSPS) is 10.0. The lowest BCUT2D eigenvalue weighted by Crippen LogP contribution is -2.18. The number of hydrogen-bond donors (Lipinski definition) is 1. The molecule has 0 bridgehead atoms. The Labute approximate surface area is 56.3 Å². The third-order valence-corrected chi connectivity index (χ3v) is 0.886. The van der Waals surface area contributed by atoms with E-state index in [2.05, 4.69) is 5.32 Å². The minimum absolute atomic E-state index is 0.625. The first kappa shape index (κ1) is 8.88. The van der Waals surface area contributed by atoms with Crippen molar-refractivity contribution in [1.82, 2.24) is 5.32 Å². The van der Waals surface area contributed by atoms with Crippen LogP contribution in [-0.2, 0) is 9.47 Å². The standard InChI is InChI=1S/C6H15NO2/c1-3-7-6-9-5-4-8-2/h7H,3-6H2,1-2H3. The average molecular weight is 133 g/mol. The van der Waals surface area contributed by atoms with Crippen molar-refractivity contribution in [3.05, 3.63) is 0 Å². The highest BCUT2D eigenvalue weighted by Crippen LogP contribution is 1.71. The molecule has 0 rings (SSSR count). The van der Waals surface area contributed by atoms with Crippen molar-refractivity contribution in [2.75, 3.05) is 33.6 Å². The molecule has 0 heterocycles. The summed E-state index contributed by atoms with van der Waals surface area (Å²) < 4.78 is 9.85. The molecule has 0 radical (unpaired) electrons. The van der Waals surface area contributed by atoms with E-state index >= 15 is 0 Å². The number of methoxy groups -OCH3 is 1. The number of ether oxygens (including phenoxy) is 2. The maximum absolute atomic E-state index is 5.08. The van der Waals surface area contributed by atoms with Crippen molar-refractivity contribution in [2.24, 2.45) is 0 Å². The Morgan fingerprint density at radius 3 is 2.67 bits per heavy atom. The van der Waals surface area contributed by atoms with Crippen molar-refractivity contribution in [1.29, 1.82) is 0 Å². The Balaban J connectivity index is 2.60. The summed E-state index contributed by atoms with van der Waals surface area (Å²) in [5, 5.41) is 3.03. The van der Waals surface area contributed by atoms with Gasteiger partial charge in [0.15, 0.2) is 0 Å². The van der Waals surface area contributed by atoms with E-state index in [1.165, 1.54) is 0 Å². The van der Waals surface area contributed by atoms with Crippen LogP contribution in [0.3, 0.4) is 0 Å². The number of rotatable bonds is 6. The van der Waals surface area contributed by atoms with E-state index in [0.717, 1.165) is 6.54 Å². The van der Waals surface area contributed by atoms with Crippen LogP contribution in [0.5, 0.6) is 0 Å². The summed E-state index contributed by atoms with van der Waals surface area (Å²) >= 11 is 0. The van der Waals surface area contributed by atoms with Gasteiger partial charge in [-0.15, -0.1) is 0 Å². The van der Waals surface area contributed by atoms with Crippen molar-refractivity contribution >= 4 is 0 Å². The second-order valence-corrected chi connectivity index (χ2v) is 1.65. The van der Waals surface area contributed by atoms with Gasteiger partial charge in [-0.25, -0.2) is 0 Å². The van der Waals surface area contributed by atoms with Gasteiger partial charge in [-0.2, -0.15) is 0 Å². The highest BCUT2D eigenvalue weighted by molar-refractivity contribution is 4.29. The van der Waals surface area contributed by atoms with Crippen LogP contribution >= 0.6 is 0 Å². The molecule has 1 N–H and O–H groups in total. The largest absolute Gasteiger partial charge is 0.382 e. The summed E-state index contributed by atoms with van der Waals surface area (Å²) in [5.74, 6) is 0. The van der Waals surface area contributed by atoms with E-state index < -0.39 is 0 Å². The lowest BCUT2D eigenvalue weighted by atomic mass is 10.7. The first-order valence-corrected chi connectivity index (χ1v) is 3.19. The summed E-state index contributed by atoms with van der Waals surface area (Å²) in [5.41, 5.74) is 0. The van der Waals surface area contributed by atoms with E-state index in [9.17, 15) is 0 Å². The second-order valence-electron chi connectivity index (χ2n) is 1.65. The van der Waals surface area contributed by atoms with Crippen LogP contribution in [-0.4, -0.2) is 33.6 Å². The smallest absolute Gasteiger partial charge is 0.0966 e. The summed E-state index contributed by atoms with van der Waals surface area (Å²) in [6.45, 7) is 4.96. The van der Waals surface area contributed by atoms with Crippen LogP contribution in [0, 0.1) is 0 Å². The van der Waals surface area contributed by atoms with Crippen molar-refractivity contribution < 1.29 is 9.47 Å². The van der Waals surface area contributed by atoms with E-state index in [-0.39, 0.29) is 0 Å². The predicted molar refractivity (Wildman–Crippen MR) is 36.4 cm³/mol.